The smallest absolute Gasteiger partial charge is 0.239 e. The summed E-state index contributed by atoms with van der Waals surface area (Å²) in [5.41, 5.74) is 2.45. The third-order valence-corrected chi connectivity index (χ3v) is 2.87. The molecule has 0 atom stereocenters. The van der Waals surface area contributed by atoms with Crippen LogP contribution in [0.2, 0.25) is 0 Å². The Morgan fingerprint density at radius 2 is 2.00 bits per heavy atom. The fourth-order valence-corrected chi connectivity index (χ4v) is 1.63. The predicted octanol–water partition coefficient (Wildman–Crippen LogP) is 3.71. The van der Waals surface area contributed by atoms with Crippen molar-refractivity contribution in [1.29, 1.82) is 0 Å². The highest BCUT2D eigenvalue weighted by atomic mass is 16.5. The zero-order valence-electron chi connectivity index (χ0n) is 11.6. The molecule has 1 N–H and O–H groups in total. The average molecular weight is 257 g/mol. The van der Waals surface area contributed by atoms with Crippen molar-refractivity contribution in [2.45, 2.75) is 27.2 Å². The molecule has 2 aromatic rings. The molecular weight excluding hydrogens is 238 g/mol. The monoisotopic (exact) mass is 257 g/mol. The summed E-state index contributed by atoms with van der Waals surface area (Å²) in [5.74, 6) is 2.03. The first-order chi connectivity index (χ1) is 9.19. The van der Waals surface area contributed by atoms with Crippen LogP contribution in [0.25, 0.3) is 0 Å². The molecule has 0 aliphatic heterocycles. The van der Waals surface area contributed by atoms with Crippen molar-refractivity contribution in [3.8, 4) is 11.6 Å². The second kappa shape index (κ2) is 6.18. The van der Waals surface area contributed by atoms with E-state index in [0.29, 0.717) is 5.88 Å². The summed E-state index contributed by atoms with van der Waals surface area (Å²) >= 11 is 0. The molecule has 0 spiro atoms. The molecule has 0 saturated heterocycles. The number of rotatable bonds is 5. The second-order valence-corrected chi connectivity index (χ2v) is 4.52. The zero-order valence-corrected chi connectivity index (χ0v) is 11.6. The fraction of sp³-hybridized carbons (Fsp3) is 0.333. The van der Waals surface area contributed by atoms with Crippen molar-refractivity contribution in [3.05, 3.63) is 41.7 Å². The van der Waals surface area contributed by atoms with Crippen LogP contribution in [-0.4, -0.2) is 16.5 Å². The lowest BCUT2D eigenvalue weighted by atomic mass is 10.1. The van der Waals surface area contributed by atoms with Gasteiger partial charge in [0.05, 0.1) is 12.4 Å². The number of ether oxygens (including phenoxy) is 1. The highest BCUT2D eigenvalue weighted by Gasteiger charge is 2.02. The molecule has 0 radical (unpaired) electrons. The summed E-state index contributed by atoms with van der Waals surface area (Å²) in [7, 11) is 0. The number of nitrogens with one attached hydrogen (secondary N) is 1. The summed E-state index contributed by atoms with van der Waals surface area (Å²) in [5, 5.41) is 3.19. The molecule has 4 heteroatoms. The number of anilines is 1. The number of aryl methyl sites for hydroxylation is 2. The van der Waals surface area contributed by atoms with Crippen LogP contribution in [0.3, 0.4) is 0 Å². The standard InChI is InChI=1S/C15H19N3O/c1-4-7-17-14-9-16-10-15(18-14)19-13-6-5-11(2)12(3)8-13/h5-6,8-10H,4,7H2,1-3H3,(H,17,18). The van der Waals surface area contributed by atoms with E-state index in [-0.39, 0.29) is 0 Å². The topological polar surface area (TPSA) is 47.0 Å². The van der Waals surface area contributed by atoms with E-state index in [1.165, 1.54) is 11.1 Å². The third-order valence-electron chi connectivity index (χ3n) is 2.87. The Labute approximate surface area is 113 Å². The van der Waals surface area contributed by atoms with E-state index in [2.05, 4.69) is 36.1 Å². The maximum Gasteiger partial charge on any atom is 0.239 e. The van der Waals surface area contributed by atoms with Gasteiger partial charge < -0.3 is 10.1 Å². The quantitative estimate of drug-likeness (QED) is 0.887. The molecule has 19 heavy (non-hydrogen) atoms. The van der Waals surface area contributed by atoms with Crippen LogP contribution >= 0.6 is 0 Å². The second-order valence-electron chi connectivity index (χ2n) is 4.52. The van der Waals surface area contributed by atoms with Crippen LogP contribution in [-0.2, 0) is 0 Å². The first-order valence-electron chi connectivity index (χ1n) is 6.50. The van der Waals surface area contributed by atoms with E-state index in [1.807, 2.05) is 18.2 Å². The molecule has 1 aromatic heterocycles. The predicted molar refractivity (Wildman–Crippen MR) is 76.8 cm³/mol. The van der Waals surface area contributed by atoms with Gasteiger partial charge in [-0.05, 0) is 43.5 Å². The lowest BCUT2D eigenvalue weighted by Gasteiger charge is -2.08. The molecule has 0 fully saturated rings. The summed E-state index contributed by atoms with van der Waals surface area (Å²) in [4.78, 5) is 8.49. The molecule has 0 bridgehead atoms. The molecule has 0 saturated carbocycles. The van der Waals surface area contributed by atoms with Gasteiger partial charge in [-0.15, -0.1) is 0 Å². The number of hydrogen-bond donors (Lipinski definition) is 1. The maximum atomic E-state index is 5.72. The summed E-state index contributed by atoms with van der Waals surface area (Å²) < 4.78 is 5.72. The summed E-state index contributed by atoms with van der Waals surface area (Å²) in [6, 6.07) is 5.98. The number of aromatic nitrogens is 2. The van der Waals surface area contributed by atoms with Crippen LogP contribution in [0.15, 0.2) is 30.6 Å². The minimum atomic E-state index is 0.504. The van der Waals surface area contributed by atoms with Crippen molar-refractivity contribution in [2.24, 2.45) is 0 Å². The molecular formula is C15H19N3O. The van der Waals surface area contributed by atoms with Crippen LogP contribution in [0, 0.1) is 13.8 Å². The first-order valence-corrected chi connectivity index (χ1v) is 6.50. The van der Waals surface area contributed by atoms with E-state index in [4.69, 9.17) is 4.74 Å². The van der Waals surface area contributed by atoms with E-state index in [0.717, 1.165) is 24.5 Å². The molecule has 1 aromatic carbocycles. The van der Waals surface area contributed by atoms with Gasteiger partial charge in [-0.2, -0.15) is 4.98 Å². The van der Waals surface area contributed by atoms with Crippen molar-refractivity contribution in [2.75, 3.05) is 11.9 Å². The van der Waals surface area contributed by atoms with Gasteiger partial charge in [0.15, 0.2) is 0 Å². The van der Waals surface area contributed by atoms with Gasteiger partial charge in [0, 0.05) is 6.54 Å². The van der Waals surface area contributed by atoms with Gasteiger partial charge in [-0.3, -0.25) is 4.98 Å². The van der Waals surface area contributed by atoms with Gasteiger partial charge in [0.2, 0.25) is 5.88 Å². The first kappa shape index (κ1) is 13.3. The lowest BCUT2D eigenvalue weighted by Crippen LogP contribution is -2.03. The van der Waals surface area contributed by atoms with Crippen molar-refractivity contribution < 1.29 is 4.74 Å². The Kier molecular flexibility index (Phi) is 4.34. The Hall–Kier alpha value is -2.10. The molecule has 0 aliphatic carbocycles. The van der Waals surface area contributed by atoms with Crippen LogP contribution in [0.1, 0.15) is 24.5 Å². The minimum absolute atomic E-state index is 0.504. The lowest BCUT2D eigenvalue weighted by molar-refractivity contribution is 0.460. The minimum Gasteiger partial charge on any atom is -0.437 e. The van der Waals surface area contributed by atoms with Crippen LogP contribution in [0.4, 0.5) is 5.82 Å². The highest BCUT2D eigenvalue weighted by molar-refractivity contribution is 5.37. The van der Waals surface area contributed by atoms with E-state index >= 15 is 0 Å². The van der Waals surface area contributed by atoms with Gasteiger partial charge in [0.1, 0.15) is 11.6 Å². The normalized spacial score (nSPS) is 10.3. The number of benzene rings is 1. The van der Waals surface area contributed by atoms with E-state index in [1.54, 1.807) is 12.4 Å². The summed E-state index contributed by atoms with van der Waals surface area (Å²) in [6.45, 7) is 7.12. The fourth-order valence-electron chi connectivity index (χ4n) is 1.63. The molecule has 0 unspecified atom stereocenters. The van der Waals surface area contributed by atoms with Gasteiger partial charge in [0.25, 0.3) is 0 Å². The van der Waals surface area contributed by atoms with E-state index in [9.17, 15) is 0 Å². The van der Waals surface area contributed by atoms with Gasteiger partial charge in [-0.25, -0.2) is 0 Å². The highest BCUT2D eigenvalue weighted by Crippen LogP contribution is 2.22. The van der Waals surface area contributed by atoms with Crippen LogP contribution < -0.4 is 10.1 Å². The molecule has 0 amide bonds. The molecule has 2 rings (SSSR count). The van der Waals surface area contributed by atoms with Gasteiger partial charge in [-0.1, -0.05) is 13.0 Å². The Morgan fingerprint density at radius 3 is 2.74 bits per heavy atom. The van der Waals surface area contributed by atoms with Crippen LogP contribution in [0.5, 0.6) is 11.6 Å². The molecule has 4 nitrogen and oxygen atoms in total. The Bertz CT molecular complexity index is 555. The van der Waals surface area contributed by atoms with Crippen molar-refractivity contribution in [1.82, 2.24) is 9.97 Å². The van der Waals surface area contributed by atoms with Crippen molar-refractivity contribution >= 4 is 5.82 Å². The molecule has 0 aliphatic rings. The number of nitrogens with zero attached hydrogens (tertiary/aromatic N) is 2. The summed E-state index contributed by atoms with van der Waals surface area (Å²) in [6.07, 6.45) is 4.36. The average Bonchev–Trinajstić information content (AvgIpc) is 2.41. The molecule has 100 valence electrons. The van der Waals surface area contributed by atoms with Crippen molar-refractivity contribution in [3.63, 3.8) is 0 Å². The maximum absolute atomic E-state index is 5.72. The Morgan fingerprint density at radius 1 is 1.16 bits per heavy atom. The Balaban J connectivity index is 2.11. The SMILES string of the molecule is CCCNc1cncc(Oc2ccc(C)c(C)c2)n1. The third kappa shape index (κ3) is 3.68. The van der Waals surface area contributed by atoms with E-state index < -0.39 is 0 Å². The molecule has 1 heterocycles. The zero-order chi connectivity index (χ0) is 13.7. The largest absolute Gasteiger partial charge is 0.437 e. The number of hydrogen-bond acceptors (Lipinski definition) is 4. The van der Waals surface area contributed by atoms with Gasteiger partial charge >= 0.3 is 0 Å².